The number of unbranched alkanes of at least 4 members (excludes halogenated alkanes) is 2. The van der Waals surface area contributed by atoms with Crippen molar-refractivity contribution in [3.05, 3.63) is 12.2 Å². The van der Waals surface area contributed by atoms with Crippen molar-refractivity contribution in [1.82, 2.24) is 0 Å². The number of amides is 1. The highest BCUT2D eigenvalue weighted by Gasteiger charge is 2.51. The van der Waals surface area contributed by atoms with Gasteiger partial charge in [-0.25, -0.2) is 0 Å². The molecule has 0 saturated heterocycles. The summed E-state index contributed by atoms with van der Waals surface area (Å²) >= 11 is 0. The predicted molar refractivity (Wildman–Crippen MR) is 61.1 cm³/mol. The Morgan fingerprint density at radius 2 is 2.27 bits per heavy atom. The SMILES string of the molecule is CCCCCC1(C(N)=O)CC2C=CC1C2. The minimum absolute atomic E-state index is 0.0598. The number of nitrogens with two attached hydrogens (primary N) is 1. The van der Waals surface area contributed by atoms with Crippen molar-refractivity contribution in [3.63, 3.8) is 0 Å². The van der Waals surface area contributed by atoms with E-state index in [1.54, 1.807) is 0 Å². The van der Waals surface area contributed by atoms with Crippen LogP contribution in [0.2, 0.25) is 0 Å². The highest BCUT2D eigenvalue weighted by Crippen LogP contribution is 2.54. The van der Waals surface area contributed by atoms with Gasteiger partial charge in [-0.05, 0) is 31.1 Å². The highest BCUT2D eigenvalue weighted by atomic mass is 16.1. The van der Waals surface area contributed by atoms with E-state index < -0.39 is 0 Å². The van der Waals surface area contributed by atoms with Gasteiger partial charge in [-0.1, -0.05) is 38.3 Å². The van der Waals surface area contributed by atoms with Crippen LogP contribution in [-0.2, 0) is 4.79 Å². The van der Waals surface area contributed by atoms with E-state index in [9.17, 15) is 4.79 Å². The Morgan fingerprint density at radius 1 is 1.47 bits per heavy atom. The van der Waals surface area contributed by atoms with Crippen LogP contribution in [0.15, 0.2) is 12.2 Å². The lowest BCUT2D eigenvalue weighted by molar-refractivity contribution is -0.129. The Kier molecular flexibility index (Phi) is 2.85. The van der Waals surface area contributed by atoms with Gasteiger partial charge in [0.2, 0.25) is 5.91 Å². The Balaban J connectivity index is 2.06. The molecule has 0 spiro atoms. The van der Waals surface area contributed by atoms with Gasteiger partial charge in [0, 0.05) is 0 Å². The van der Waals surface area contributed by atoms with Crippen LogP contribution in [-0.4, -0.2) is 5.91 Å². The Labute approximate surface area is 91.9 Å². The fraction of sp³-hybridized carbons (Fsp3) is 0.769. The minimum atomic E-state index is -0.186. The Hall–Kier alpha value is -0.790. The number of carbonyl (C=O) groups excluding carboxylic acids is 1. The summed E-state index contributed by atoms with van der Waals surface area (Å²) in [6, 6.07) is 0. The predicted octanol–water partition coefficient (Wildman–Crippen LogP) is 2.63. The molecule has 0 aromatic carbocycles. The summed E-state index contributed by atoms with van der Waals surface area (Å²) in [5.41, 5.74) is 5.44. The first-order chi connectivity index (χ1) is 7.19. The second-order valence-corrected chi connectivity index (χ2v) is 5.17. The first-order valence-electron chi connectivity index (χ1n) is 6.17. The lowest BCUT2D eigenvalue weighted by Gasteiger charge is -2.32. The molecule has 2 heteroatoms. The van der Waals surface area contributed by atoms with E-state index >= 15 is 0 Å². The van der Waals surface area contributed by atoms with E-state index in [4.69, 9.17) is 5.73 Å². The molecular weight excluding hydrogens is 186 g/mol. The fourth-order valence-electron chi connectivity index (χ4n) is 3.34. The third-order valence-corrected chi connectivity index (χ3v) is 4.23. The second kappa shape index (κ2) is 3.99. The number of fused-ring (bicyclic) bond motifs is 2. The van der Waals surface area contributed by atoms with E-state index in [1.165, 1.54) is 12.8 Å². The first-order valence-corrected chi connectivity index (χ1v) is 6.17. The molecule has 1 saturated carbocycles. The zero-order valence-electron chi connectivity index (χ0n) is 9.54. The lowest BCUT2D eigenvalue weighted by Crippen LogP contribution is -2.40. The molecule has 0 heterocycles. The van der Waals surface area contributed by atoms with E-state index in [0.717, 1.165) is 25.7 Å². The number of carbonyl (C=O) groups is 1. The molecule has 2 N–H and O–H groups in total. The van der Waals surface area contributed by atoms with E-state index in [2.05, 4.69) is 19.1 Å². The van der Waals surface area contributed by atoms with Gasteiger partial charge in [0.1, 0.15) is 0 Å². The van der Waals surface area contributed by atoms with Crippen molar-refractivity contribution in [3.8, 4) is 0 Å². The number of primary amides is 1. The molecule has 3 atom stereocenters. The molecule has 0 aromatic rings. The molecular formula is C13H21NO. The summed E-state index contributed by atoms with van der Waals surface area (Å²) in [7, 11) is 0. The van der Waals surface area contributed by atoms with Crippen LogP contribution < -0.4 is 5.73 Å². The van der Waals surface area contributed by atoms with E-state index in [1.807, 2.05) is 0 Å². The Morgan fingerprint density at radius 3 is 2.73 bits per heavy atom. The number of hydrogen-bond acceptors (Lipinski definition) is 1. The van der Waals surface area contributed by atoms with Crippen molar-refractivity contribution >= 4 is 5.91 Å². The molecule has 2 aliphatic carbocycles. The molecule has 0 radical (unpaired) electrons. The Bertz CT molecular complexity index is 284. The largest absolute Gasteiger partial charge is 0.369 e. The van der Waals surface area contributed by atoms with Crippen LogP contribution in [0.25, 0.3) is 0 Å². The van der Waals surface area contributed by atoms with Crippen molar-refractivity contribution in [2.75, 3.05) is 0 Å². The van der Waals surface area contributed by atoms with Gasteiger partial charge < -0.3 is 5.73 Å². The molecule has 2 bridgehead atoms. The van der Waals surface area contributed by atoms with Crippen molar-refractivity contribution < 1.29 is 4.79 Å². The maximum Gasteiger partial charge on any atom is 0.224 e. The second-order valence-electron chi connectivity index (χ2n) is 5.17. The monoisotopic (exact) mass is 207 g/mol. The summed E-state index contributed by atoms with van der Waals surface area (Å²) < 4.78 is 0. The van der Waals surface area contributed by atoms with Gasteiger partial charge in [0.05, 0.1) is 5.41 Å². The van der Waals surface area contributed by atoms with Crippen LogP contribution >= 0.6 is 0 Å². The van der Waals surface area contributed by atoms with Gasteiger partial charge in [-0.2, -0.15) is 0 Å². The third kappa shape index (κ3) is 1.70. The van der Waals surface area contributed by atoms with Crippen molar-refractivity contribution in [2.24, 2.45) is 23.0 Å². The average molecular weight is 207 g/mol. The quantitative estimate of drug-likeness (QED) is 0.546. The van der Waals surface area contributed by atoms with Crippen LogP contribution in [0.1, 0.15) is 45.4 Å². The number of allylic oxidation sites excluding steroid dienone is 2. The zero-order valence-corrected chi connectivity index (χ0v) is 9.54. The molecule has 84 valence electrons. The van der Waals surface area contributed by atoms with Gasteiger partial charge in [-0.3, -0.25) is 4.79 Å². The number of rotatable bonds is 5. The normalized spacial score (nSPS) is 37.4. The van der Waals surface area contributed by atoms with Gasteiger partial charge in [0.15, 0.2) is 0 Å². The smallest absolute Gasteiger partial charge is 0.224 e. The first kappa shape index (κ1) is 10.7. The molecule has 0 aliphatic heterocycles. The molecule has 0 aromatic heterocycles. The summed E-state index contributed by atoms with van der Waals surface area (Å²) in [6.07, 6.45) is 11.2. The van der Waals surface area contributed by atoms with Crippen LogP contribution in [0.4, 0.5) is 0 Å². The molecule has 1 amide bonds. The molecule has 2 rings (SSSR count). The summed E-state index contributed by atoms with van der Waals surface area (Å²) in [5, 5.41) is 0. The number of hydrogen-bond donors (Lipinski definition) is 1. The summed E-state index contributed by atoms with van der Waals surface area (Å²) in [6.45, 7) is 2.19. The summed E-state index contributed by atoms with van der Waals surface area (Å²) in [5.74, 6) is 1.01. The average Bonchev–Trinajstić information content (AvgIpc) is 2.78. The lowest BCUT2D eigenvalue weighted by atomic mass is 9.71. The maximum atomic E-state index is 11.7. The van der Waals surface area contributed by atoms with Gasteiger partial charge in [-0.15, -0.1) is 0 Å². The van der Waals surface area contributed by atoms with Crippen molar-refractivity contribution in [1.29, 1.82) is 0 Å². The molecule has 15 heavy (non-hydrogen) atoms. The molecule has 1 fully saturated rings. The third-order valence-electron chi connectivity index (χ3n) is 4.23. The standard InChI is InChI=1S/C13H21NO/c1-2-3-4-7-13(12(14)15)9-10-5-6-11(13)8-10/h5-6,10-11H,2-4,7-9H2,1H3,(H2,14,15). The van der Waals surface area contributed by atoms with Crippen molar-refractivity contribution in [2.45, 2.75) is 45.4 Å². The topological polar surface area (TPSA) is 43.1 Å². The zero-order chi connectivity index (χ0) is 10.9. The van der Waals surface area contributed by atoms with Crippen LogP contribution in [0.5, 0.6) is 0 Å². The molecule has 2 nitrogen and oxygen atoms in total. The van der Waals surface area contributed by atoms with Gasteiger partial charge >= 0.3 is 0 Å². The van der Waals surface area contributed by atoms with Gasteiger partial charge in [0.25, 0.3) is 0 Å². The molecule has 2 aliphatic rings. The molecule has 3 unspecified atom stereocenters. The van der Waals surface area contributed by atoms with Crippen LogP contribution in [0.3, 0.4) is 0 Å². The highest BCUT2D eigenvalue weighted by molar-refractivity contribution is 5.82. The van der Waals surface area contributed by atoms with E-state index in [0.29, 0.717) is 11.8 Å². The summed E-state index contributed by atoms with van der Waals surface area (Å²) in [4.78, 5) is 11.7. The maximum absolute atomic E-state index is 11.7. The van der Waals surface area contributed by atoms with E-state index in [-0.39, 0.29) is 11.3 Å². The minimum Gasteiger partial charge on any atom is -0.369 e. The fourth-order valence-corrected chi connectivity index (χ4v) is 3.34. The van der Waals surface area contributed by atoms with Crippen LogP contribution in [0, 0.1) is 17.3 Å².